The van der Waals surface area contributed by atoms with Crippen LogP contribution >= 0.6 is 0 Å². The van der Waals surface area contributed by atoms with E-state index in [0.29, 0.717) is 49.1 Å². The lowest BCUT2D eigenvalue weighted by atomic mass is 10.2. The summed E-state index contributed by atoms with van der Waals surface area (Å²) < 4.78 is 21.1. The van der Waals surface area contributed by atoms with E-state index in [-0.39, 0.29) is 24.1 Å². The second-order valence-electron chi connectivity index (χ2n) is 6.60. The van der Waals surface area contributed by atoms with Crippen molar-refractivity contribution in [1.29, 1.82) is 5.26 Å². The lowest BCUT2D eigenvalue weighted by Crippen LogP contribution is -2.50. The maximum atomic E-state index is 12.4. The van der Waals surface area contributed by atoms with Gasteiger partial charge >= 0.3 is 5.97 Å². The van der Waals surface area contributed by atoms with Gasteiger partial charge in [0.15, 0.2) is 12.4 Å². The Morgan fingerprint density at radius 3 is 2.63 bits per heavy atom. The molecule has 0 saturated carbocycles. The quantitative estimate of drug-likeness (QED) is 0.582. The second kappa shape index (κ2) is 8.16. The topological polar surface area (TPSA) is 126 Å². The van der Waals surface area contributed by atoms with Crippen molar-refractivity contribution in [2.75, 3.05) is 37.7 Å². The zero-order valence-corrected chi connectivity index (χ0v) is 16.2. The summed E-state index contributed by atoms with van der Waals surface area (Å²) in [5, 5.41) is 9.37. The molecule has 0 N–H and O–H groups in total. The molecule has 30 heavy (non-hydrogen) atoms. The van der Waals surface area contributed by atoms with Gasteiger partial charge in [0.25, 0.3) is 11.8 Å². The number of ether oxygens (including phenoxy) is 1. The zero-order chi connectivity index (χ0) is 21.1. The van der Waals surface area contributed by atoms with E-state index in [1.165, 1.54) is 18.6 Å². The van der Waals surface area contributed by atoms with Crippen LogP contribution in [0.3, 0.4) is 0 Å². The summed E-state index contributed by atoms with van der Waals surface area (Å²) in [5.41, 5.74) is 0.458. The molecule has 1 aliphatic rings. The molecule has 0 spiro atoms. The zero-order valence-electron chi connectivity index (χ0n) is 16.2. The van der Waals surface area contributed by atoms with Crippen molar-refractivity contribution in [2.24, 2.45) is 0 Å². The molecule has 1 saturated heterocycles. The molecule has 0 radical (unpaired) electrons. The number of furan rings is 2. The van der Waals surface area contributed by atoms with Gasteiger partial charge in [-0.25, -0.2) is 4.79 Å². The minimum Gasteiger partial charge on any atom is -0.469 e. The molecular formula is C20H18N4O6. The molecule has 3 aromatic heterocycles. The van der Waals surface area contributed by atoms with Crippen LogP contribution in [0.2, 0.25) is 0 Å². The molecule has 0 unspecified atom stereocenters. The van der Waals surface area contributed by atoms with E-state index in [4.69, 9.17) is 18.0 Å². The Bertz CT molecular complexity index is 1080. The highest BCUT2D eigenvalue weighted by molar-refractivity contribution is 5.92. The first-order valence-electron chi connectivity index (χ1n) is 9.25. The summed E-state index contributed by atoms with van der Waals surface area (Å²) in [4.78, 5) is 32.0. The average molecular weight is 410 g/mol. The van der Waals surface area contributed by atoms with Crippen molar-refractivity contribution >= 4 is 17.8 Å². The van der Waals surface area contributed by atoms with Crippen molar-refractivity contribution in [2.45, 2.75) is 6.92 Å². The van der Waals surface area contributed by atoms with Crippen LogP contribution in [0.5, 0.6) is 0 Å². The maximum Gasteiger partial charge on any atom is 0.342 e. The summed E-state index contributed by atoms with van der Waals surface area (Å²) in [7, 11) is 0. The first-order valence-corrected chi connectivity index (χ1v) is 9.25. The molecular weight excluding hydrogens is 392 g/mol. The summed E-state index contributed by atoms with van der Waals surface area (Å²) in [6, 6.07) is 6.93. The number of piperazine rings is 1. The summed E-state index contributed by atoms with van der Waals surface area (Å²) in [5.74, 6) is 0.554. The number of rotatable bonds is 5. The van der Waals surface area contributed by atoms with E-state index in [0.717, 1.165) is 0 Å². The molecule has 4 rings (SSSR count). The second-order valence-corrected chi connectivity index (χ2v) is 6.60. The van der Waals surface area contributed by atoms with E-state index < -0.39 is 5.97 Å². The molecule has 0 aliphatic carbocycles. The highest BCUT2D eigenvalue weighted by Crippen LogP contribution is 2.29. The van der Waals surface area contributed by atoms with E-state index >= 15 is 0 Å². The van der Waals surface area contributed by atoms with E-state index in [1.807, 2.05) is 11.0 Å². The molecule has 154 valence electrons. The van der Waals surface area contributed by atoms with Crippen LogP contribution in [0.4, 0.5) is 5.88 Å². The third-order valence-corrected chi connectivity index (χ3v) is 4.77. The van der Waals surface area contributed by atoms with Crippen LogP contribution in [0.15, 0.2) is 44.0 Å². The monoisotopic (exact) mass is 410 g/mol. The molecule has 1 fully saturated rings. The van der Waals surface area contributed by atoms with Gasteiger partial charge in [0.1, 0.15) is 17.4 Å². The first kappa shape index (κ1) is 19.3. The van der Waals surface area contributed by atoms with Crippen molar-refractivity contribution < 1.29 is 27.6 Å². The van der Waals surface area contributed by atoms with Crippen molar-refractivity contribution in [3.63, 3.8) is 0 Å². The van der Waals surface area contributed by atoms with Gasteiger partial charge in [-0.15, -0.1) is 0 Å². The van der Waals surface area contributed by atoms with Crippen LogP contribution in [0.25, 0.3) is 11.7 Å². The van der Waals surface area contributed by atoms with Gasteiger partial charge in [0.05, 0.1) is 12.5 Å². The van der Waals surface area contributed by atoms with Gasteiger partial charge in [-0.3, -0.25) is 4.79 Å². The van der Waals surface area contributed by atoms with Crippen LogP contribution < -0.4 is 4.90 Å². The Labute approximate surface area is 171 Å². The minimum atomic E-state index is -0.598. The van der Waals surface area contributed by atoms with Gasteiger partial charge in [-0.05, 0) is 25.1 Å². The molecule has 10 nitrogen and oxygen atoms in total. The van der Waals surface area contributed by atoms with Crippen molar-refractivity contribution in [3.05, 3.63) is 47.7 Å². The molecule has 0 atom stereocenters. The Morgan fingerprint density at radius 1 is 1.20 bits per heavy atom. The molecule has 1 amide bonds. The lowest BCUT2D eigenvalue weighted by molar-refractivity contribution is -0.134. The third-order valence-electron chi connectivity index (χ3n) is 4.77. The van der Waals surface area contributed by atoms with E-state index in [1.54, 1.807) is 24.0 Å². The number of nitriles is 1. The molecule has 1 aliphatic heterocycles. The molecule has 10 heteroatoms. The Morgan fingerprint density at radius 2 is 2.00 bits per heavy atom. The highest BCUT2D eigenvalue weighted by atomic mass is 16.5. The number of hydrogen-bond acceptors (Lipinski definition) is 9. The fourth-order valence-electron chi connectivity index (χ4n) is 3.16. The maximum absolute atomic E-state index is 12.4. The lowest BCUT2D eigenvalue weighted by Gasteiger charge is -2.34. The summed E-state index contributed by atoms with van der Waals surface area (Å²) in [6.45, 7) is 2.97. The van der Waals surface area contributed by atoms with E-state index in [2.05, 4.69) is 4.98 Å². The third kappa shape index (κ3) is 3.77. The fourth-order valence-corrected chi connectivity index (χ4v) is 3.16. The average Bonchev–Trinajstić information content (AvgIpc) is 3.51. The summed E-state index contributed by atoms with van der Waals surface area (Å²) in [6.07, 6.45) is 2.89. The number of carbonyl (C=O) groups is 2. The number of aryl methyl sites for hydroxylation is 1. The van der Waals surface area contributed by atoms with Crippen LogP contribution in [-0.4, -0.2) is 54.5 Å². The minimum absolute atomic E-state index is 0.158. The summed E-state index contributed by atoms with van der Waals surface area (Å²) >= 11 is 0. The standard InChI is InChI=1S/C20H18N4O6/c1-13-14(4-10-27-13)20(26)29-12-17(25)23-5-7-24(8-6-23)19-15(11-21)22-18(30-19)16-3-2-9-28-16/h2-4,9-10H,5-8,12H2,1H3. The number of hydrogen-bond donors (Lipinski definition) is 0. The number of amides is 1. The number of esters is 1. The number of nitrogens with zero attached hydrogens (tertiary/aromatic N) is 4. The number of oxazole rings is 1. The van der Waals surface area contributed by atoms with Crippen LogP contribution in [0, 0.1) is 18.3 Å². The number of anilines is 1. The predicted molar refractivity (Wildman–Crippen MR) is 101 cm³/mol. The van der Waals surface area contributed by atoms with Gasteiger partial charge in [-0.1, -0.05) is 0 Å². The number of aromatic nitrogens is 1. The number of carbonyl (C=O) groups excluding carboxylic acids is 2. The molecule has 4 heterocycles. The fraction of sp³-hybridized carbons (Fsp3) is 0.300. The SMILES string of the molecule is Cc1occc1C(=O)OCC(=O)N1CCN(c2oc(-c3ccco3)nc2C#N)CC1. The Kier molecular flexibility index (Phi) is 5.26. The smallest absolute Gasteiger partial charge is 0.342 e. The van der Waals surface area contributed by atoms with Crippen molar-refractivity contribution in [1.82, 2.24) is 9.88 Å². The normalized spacial score (nSPS) is 13.9. The van der Waals surface area contributed by atoms with Gasteiger partial charge in [0, 0.05) is 26.2 Å². The molecule has 0 bridgehead atoms. The van der Waals surface area contributed by atoms with Crippen LogP contribution in [-0.2, 0) is 9.53 Å². The largest absolute Gasteiger partial charge is 0.469 e. The van der Waals surface area contributed by atoms with Crippen molar-refractivity contribution in [3.8, 4) is 17.7 Å². The van der Waals surface area contributed by atoms with Gasteiger partial charge in [-0.2, -0.15) is 10.2 Å². The highest BCUT2D eigenvalue weighted by Gasteiger charge is 2.27. The molecule has 3 aromatic rings. The predicted octanol–water partition coefficient (Wildman–Crippen LogP) is 2.21. The van der Waals surface area contributed by atoms with E-state index in [9.17, 15) is 14.9 Å². The first-order chi connectivity index (χ1) is 14.6. The van der Waals surface area contributed by atoms with Gasteiger partial charge < -0.3 is 27.8 Å². The van der Waals surface area contributed by atoms with Gasteiger partial charge in [0.2, 0.25) is 11.6 Å². The Balaban J connectivity index is 1.34. The Hall–Kier alpha value is -4.00. The molecule has 0 aromatic carbocycles. The van der Waals surface area contributed by atoms with Crippen LogP contribution in [0.1, 0.15) is 21.8 Å².